The van der Waals surface area contributed by atoms with E-state index in [9.17, 15) is 4.79 Å². The molecule has 1 aromatic carbocycles. The van der Waals surface area contributed by atoms with Crippen LogP contribution in [0.15, 0.2) is 46.6 Å². The van der Waals surface area contributed by atoms with Crippen LogP contribution in [-0.2, 0) is 5.66 Å². The van der Waals surface area contributed by atoms with Crippen LogP contribution in [0.4, 0.5) is 5.69 Å². The highest BCUT2D eigenvalue weighted by Gasteiger charge is 2.34. The Balaban J connectivity index is 2.03. The van der Waals surface area contributed by atoms with E-state index in [0.29, 0.717) is 11.5 Å². The van der Waals surface area contributed by atoms with Gasteiger partial charge in [0.05, 0.1) is 4.88 Å². The third-order valence-corrected chi connectivity index (χ3v) is 5.17. The molecule has 1 aliphatic heterocycles. The van der Waals surface area contributed by atoms with E-state index in [1.54, 1.807) is 0 Å². The van der Waals surface area contributed by atoms with Crippen molar-refractivity contribution in [2.24, 2.45) is 0 Å². The molecule has 23 heavy (non-hydrogen) atoms. The summed E-state index contributed by atoms with van der Waals surface area (Å²) in [5, 5.41) is 10.1. The largest absolute Gasteiger partial charge is 0.361 e. The van der Waals surface area contributed by atoms with E-state index in [2.05, 4.69) is 29.2 Å². The number of para-hydroxylation sites is 1. The monoisotopic (exact) mass is 324 g/mol. The number of fused-ring (bicyclic) bond motifs is 3. The lowest BCUT2D eigenvalue weighted by molar-refractivity contribution is 0.312. The van der Waals surface area contributed by atoms with Gasteiger partial charge in [-0.05, 0) is 36.9 Å². The summed E-state index contributed by atoms with van der Waals surface area (Å²) in [7, 11) is 0. The van der Waals surface area contributed by atoms with Gasteiger partial charge in [-0.1, -0.05) is 25.1 Å². The molecule has 0 saturated heterocycles. The average molecular weight is 324 g/mol. The van der Waals surface area contributed by atoms with E-state index >= 15 is 0 Å². The molecule has 0 aliphatic carbocycles. The van der Waals surface area contributed by atoms with Crippen molar-refractivity contribution < 1.29 is 0 Å². The smallest absolute Gasteiger partial charge is 0.300 e. The summed E-state index contributed by atoms with van der Waals surface area (Å²) in [5.41, 5.74) is 1.59. The molecule has 1 aliphatic rings. The molecule has 0 amide bonds. The Labute approximate surface area is 137 Å². The minimum absolute atomic E-state index is 0.283. The second-order valence-electron chi connectivity index (χ2n) is 5.78. The van der Waals surface area contributed by atoms with Crippen molar-refractivity contribution in [1.82, 2.24) is 14.8 Å². The predicted octanol–water partition coefficient (Wildman–Crippen LogP) is 3.54. The van der Waals surface area contributed by atoms with Crippen LogP contribution in [0.5, 0.6) is 0 Å². The van der Waals surface area contributed by atoms with Crippen molar-refractivity contribution in [3.8, 4) is 22.0 Å². The first-order valence-corrected chi connectivity index (χ1v) is 8.43. The van der Waals surface area contributed by atoms with Crippen LogP contribution in [0.25, 0.3) is 22.0 Å². The Morgan fingerprint density at radius 3 is 2.83 bits per heavy atom. The van der Waals surface area contributed by atoms with Crippen LogP contribution in [0, 0.1) is 0 Å². The van der Waals surface area contributed by atoms with E-state index in [1.807, 2.05) is 46.5 Å². The zero-order chi connectivity index (χ0) is 16.0. The molecule has 0 unspecified atom stereocenters. The Morgan fingerprint density at radius 2 is 2.09 bits per heavy atom. The minimum atomic E-state index is -0.420. The fraction of sp³-hybridized carbons (Fsp3) is 0.235. The lowest BCUT2D eigenvalue weighted by Gasteiger charge is -2.38. The van der Waals surface area contributed by atoms with Gasteiger partial charge in [-0.2, -0.15) is 10.1 Å². The van der Waals surface area contributed by atoms with Crippen LogP contribution < -0.4 is 10.9 Å². The van der Waals surface area contributed by atoms with Crippen molar-refractivity contribution >= 4 is 17.0 Å². The Bertz CT molecular complexity index is 932. The number of nitrogens with zero attached hydrogens (tertiary/aromatic N) is 3. The Kier molecular flexibility index (Phi) is 3.09. The molecule has 3 heterocycles. The first kappa shape index (κ1) is 14.1. The van der Waals surface area contributed by atoms with Gasteiger partial charge in [0, 0.05) is 11.3 Å². The lowest BCUT2D eigenvalue weighted by Crippen LogP contribution is -2.44. The van der Waals surface area contributed by atoms with Crippen LogP contribution >= 0.6 is 11.3 Å². The van der Waals surface area contributed by atoms with Crippen molar-refractivity contribution in [2.45, 2.75) is 25.9 Å². The molecule has 1 N–H and O–H groups in total. The molecular formula is C17H16N4OS. The molecule has 3 aromatic rings. The molecule has 116 valence electrons. The van der Waals surface area contributed by atoms with Crippen molar-refractivity contribution in [3.63, 3.8) is 0 Å². The number of hydrogen-bond acceptors (Lipinski definition) is 5. The maximum absolute atomic E-state index is 12.5. The highest BCUT2D eigenvalue weighted by atomic mass is 32.1. The van der Waals surface area contributed by atoms with Gasteiger partial charge in [0.15, 0.2) is 11.5 Å². The molecule has 1 atom stereocenters. The van der Waals surface area contributed by atoms with Crippen molar-refractivity contribution in [1.29, 1.82) is 0 Å². The van der Waals surface area contributed by atoms with Crippen LogP contribution in [0.1, 0.15) is 20.3 Å². The van der Waals surface area contributed by atoms with Gasteiger partial charge < -0.3 is 5.32 Å². The number of rotatable bonds is 2. The quantitative estimate of drug-likeness (QED) is 0.783. The second-order valence-corrected chi connectivity index (χ2v) is 6.72. The van der Waals surface area contributed by atoms with E-state index in [1.165, 1.54) is 11.3 Å². The SMILES string of the molecule is CC[C@@]1(C)Nc2ccccc2-c2nc(=O)c(-c3cccs3)nn21. The van der Waals surface area contributed by atoms with Gasteiger partial charge in [0.25, 0.3) is 0 Å². The normalized spacial score (nSPS) is 18.9. The summed E-state index contributed by atoms with van der Waals surface area (Å²) >= 11 is 1.50. The number of hydrogen-bond donors (Lipinski definition) is 1. The summed E-state index contributed by atoms with van der Waals surface area (Å²) in [6, 6.07) is 11.7. The van der Waals surface area contributed by atoms with Gasteiger partial charge in [-0.3, -0.25) is 4.79 Å². The van der Waals surface area contributed by atoms with Gasteiger partial charge in [0.2, 0.25) is 0 Å². The average Bonchev–Trinajstić information content (AvgIpc) is 3.09. The van der Waals surface area contributed by atoms with Crippen molar-refractivity contribution in [3.05, 3.63) is 52.1 Å². The van der Waals surface area contributed by atoms with Gasteiger partial charge in [0.1, 0.15) is 5.66 Å². The first-order valence-electron chi connectivity index (χ1n) is 7.56. The van der Waals surface area contributed by atoms with E-state index < -0.39 is 5.66 Å². The number of thiophene rings is 1. The highest BCUT2D eigenvalue weighted by Crippen LogP contribution is 2.38. The molecule has 0 saturated carbocycles. The third-order valence-electron chi connectivity index (χ3n) is 4.29. The Morgan fingerprint density at radius 1 is 1.26 bits per heavy atom. The standard InChI is InChI=1S/C17H16N4OS/c1-3-17(2)19-12-8-5-4-7-11(12)15-18-16(22)14(20-21(15)17)13-9-6-10-23-13/h4-10,19H,3H2,1-2H3/t17-/m0/s1. The van der Waals surface area contributed by atoms with Gasteiger partial charge in [-0.25, -0.2) is 4.68 Å². The maximum Gasteiger partial charge on any atom is 0.300 e. The second kappa shape index (κ2) is 5.03. The topological polar surface area (TPSA) is 59.8 Å². The number of benzene rings is 1. The number of nitrogens with one attached hydrogen (secondary N) is 1. The fourth-order valence-electron chi connectivity index (χ4n) is 2.84. The van der Waals surface area contributed by atoms with Gasteiger partial charge in [-0.15, -0.1) is 11.3 Å². The molecular weight excluding hydrogens is 308 g/mol. The highest BCUT2D eigenvalue weighted by molar-refractivity contribution is 7.13. The molecule has 0 radical (unpaired) electrons. The number of anilines is 1. The molecule has 4 rings (SSSR count). The molecule has 6 heteroatoms. The number of aromatic nitrogens is 3. The van der Waals surface area contributed by atoms with Crippen molar-refractivity contribution in [2.75, 3.05) is 5.32 Å². The first-order chi connectivity index (χ1) is 11.1. The van der Waals surface area contributed by atoms with Crippen LogP contribution in [0.2, 0.25) is 0 Å². The van der Waals surface area contributed by atoms with Crippen LogP contribution in [-0.4, -0.2) is 14.8 Å². The maximum atomic E-state index is 12.5. The van der Waals surface area contributed by atoms with E-state index in [0.717, 1.165) is 22.5 Å². The van der Waals surface area contributed by atoms with E-state index in [4.69, 9.17) is 0 Å². The zero-order valence-corrected chi connectivity index (χ0v) is 13.7. The molecule has 0 bridgehead atoms. The zero-order valence-electron chi connectivity index (χ0n) is 12.9. The summed E-state index contributed by atoms with van der Waals surface area (Å²) in [6.07, 6.45) is 0.815. The predicted molar refractivity (Wildman–Crippen MR) is 92.6 cm³/mol. The summed E-state index contributed by atoms with van der Waals surface area (Å²) in [5.74, 6) is 0.619. The van der Waals surface area contributed by atoms with Crippen LogP contribution in [0.3, 0.4) is 0 Å². The Hall–Kier alpha value is -2.47. The molecule has 0 spiro atoms. The summed E-state index contributed by atoms with van der Waals surface area (Å²) in [4.78, 5) is 17.7. The van der Waals surface area contributed by atoms with E-state index in [-0.39, 0.29) is 5.56 Å². The van der Waals surface area contributed by atoms with Gasteiger partial charge >= 0.3 is 5.56 Å². The lowest BCUT2D eigenvalue weighted by atomic mass is 10.0. The molecule has 0 fully saturated rings. The molecule has 5 nitrogen and oxygen atoms in total. The third kappa shape index (κ3) is 2.09. The minimum Gasteiger partial charge on any atom is -0.361 e. The summed E-state index contributed by atoms with van der Waals surface area (Å²) < 4.78 is 1.85. The fourth-order valence-corrected chi connectivity index (χ4v) is 3.54. The molecule has 2 aromatic heterocycles. The summed E-state index contributed by atoms with van der Waals surface area (Å²) in [6.45, 7) is 4.17.